The van der Waals surface area contributed by atoms with Gasteiger partial charge in [0.2, 0.25) is 0 Å². The van der Waals surface area contributed by atoms with Crippen LogP contribution in [0.1, 0.15) is 51.4 Å². The van der Waals surface area contributed by atoms with E-state index in [1.54, 1.807) is 0 Å². The molecule has 7 unspecified atom stereocenters. The van der Waals surface area contributed by atoms with Gasteiger partial charge in [0.1, 0.15) is 23.2 Å². The Balaban J connectivity index is 1.13. The van der Waals surface area contributed by atoms with E-state index >= 15 is 0 Å². The van der Waals surface area contributed by atoms with Crippen LogP contribution in [0.5, 0.6) is 0 Å². The Labute approximate surface area is 151 Å². The van der Waals surface area contributed by atoms with E-state index in [0.29, 0.717) is 24.4 Å². The number of fused-ring (bicyclic) bond motifs is 2. The Kier molecular flexibility index (Phi) is 5.37. The molecule has 0 bridgehead atoms. The highest BCUT2D eigenvalue weighted by Gasteiger charge is 2.45. The number of epoxide rings is 2. The topological polar surface area (TPSA) is 34.3 Å². The first kappa shape index (κ1) is 17.8. The minimum Gasteiger partial charge on any atom is -0.370 e. The molecular formula is C19H35O3SSi+. The summed E-state index contributed by atoms with van der Waals surface area (Å²) in [5.74, 6) is 3.06. The van der Waals surface area contributed by atoms with E-state index in [2.05, 4.69) is 19.3 Å². The highest BCUT2D eigenvalue weighted by Crippen LogP contribution is 2.42. The van der Waals surface area contributed by atoms with Crippen LogP contribution in [0, 0.1) is 11.8 Å². The van der Waals surface area contributed by atoms with Gasteiger partial charge in [-0.15, -0.1) is 0 Å². The average molecular weight is 372 g/mol. The molecule has 4 aliphatic rings. The average Bonchev–Trinajstić information content (AvgIpc) is 3.43. The van der Waals surface area contributed by atoms with Crippen molar-refractivity contribution in [3.63, 3.8) is 0 Å². The molecule has 2 heterocycles. The second-order valence-corrected chi connectivity index (χ2v) is 15.5. The maximum atomic E-state index is 6.60. The van der Waals surface area contributed by atoms with Crippen molar-refractivity contribution in [2.24, 2.45) is 11.8 Å². The van der Waals surface area contributed by atoms with Gasteiger partial charge in [0.05, 0.1) is 24.4 Å². The molecule has 0 spiro atoms. The van der Waals surface area contributed by atoms with Crippen LogP contribution < -0.4 is 0 Å². The van der Waals surface area contributed by atoms with Gasteiger partial charge < -0.3 is 9.47 Å². The first-order valence-corrected chi connectivity index (χ1v) is 15.0. The maximum Gasteiger partial charge on any atom is 0.262 e. The third-order valence-electron chi connectivity index (χ3n) is 6.56. The predicted molar refractivity (Wildman–Crippen MR) is 103 cm³/mol. The molecule has 0 aromatic heterocycles. The molecule has 0 aromatic carbocycles. The van der Waals surface area contributed by atoms with Crippen LogP contribution >= 0.6 is 0 Å². The zero-order valence-corrected chi connectivity index (χ0v) is 17.5. The molecule has 2 saturated carbocycles. The quantitative estimate of drug-likeness (QED) is 0.363. The van der Waals surface area contributed by atoms with E-state index in [-0.39, 0.29) is 11.2 Å². The number of rotatable bonds is 8. The number of hydrogen-bond donors (Lipinski definition) is 0. The first-order chi connectivity index (χ1) is 11.5. The Hall–Kier alpha value is 0.447. The van der Waals surface area contributed by atoms with Gasteiger partial charge in [0, 0.05) is 0 Å². The fourth-order valence-corrected chi connectivity index (χ4v) is 10.4. The van der Waals surface area contributed by atoms with E-state index in [4.69, 9.17) is 13.3 Å². The lowest BCUT2D eigenvalue weighted by molar-refractivity contribution is 0.355. The smallest absolute Gasteiger partial charge is 0.262 e. The van der Waals surface area contributed by atoms with Crippen LogP contribution in [0.15, 0.2) is 0 Å². The van der Waals surface area contributed by atoms with Crippen molar-refractivity contribution < 1.29 is 13.3 Å². The summed E-state index contributed by atoms with van der Waals surface area (Å²) in [6.07, 6.45) is 15.6. The lowest BCUT2D eigenvalue weighted by Crippen LogP contribution is -2.35. The van der Waals surface area contributed by atoms with Crippen LogP contribution in [0.4, 0.5) is 0 Å². The van der Waals surface area contributed by atoms with Gasteiger partial charge in [-0.25, -0.2) is 3.87 Å². The maximum absolute atomic E-state index is 6.60. The summed E-state index contributed by atoms with van der Waals surface area (Å²) in [5, 5.41) is 0. The fourth-order valence-electron chi connectivity index (χ4n) is 4.85. The highest BCUT2D eigenvalue weighted by atomic mass is 32.2. The minimum absolute atomic E-state index is 0.152. The lowest BCUT2D eigenvalue weighted by Gasteiger charge is -2.24. The minimum atomic E-state index is -1.50. The number of hydrogen-bond acceptors (Lipinski definition) is 3. The molecule has 2 saturated heterocycles. The van der Waals surface area contributed by atoms with Crippen molar-refractivity contribution in [2.45, 2.75) is 94.9 Å². The molecule has 5 heteroatoms. The molecular weight excluding hydrogens is 336 g/mol. The summed E-state index contributed by atoms with van der Waals surface area (Å²) in [7, 11) is -1.50. The van der Waals surface area contributed by atoms with Crippen LogP contribution in [0.25, 0.3) is 0 Å². The summed E-state index contributed by atoms with van der Waals surface area (Å²) >= 11 is 0.152. The standard InChI is InChI=1S/C19H35O3SSi/c1-23(10-8-14-4-6-16-18(12-14)20-16)22-24(2,3)11-9-15-5-7-17-19(13-15)21-17/h14-19H,4-13H2,1-3H3/q+1. The Morgan fingerprint density at radius 2 is 1.46 bits per heavy atom. The molecule has 0 aromatic rings. The lowest BCUT2D eigenvalue weighted by atomic mass is 9.88. The van der Waals surface area contributed by atoms with Crippen molar-refractivity contribution in [3.8, 4) is 0 Å². The zero-order valence-electron chi connectivity index (χ0n) is 15.7. The van der Waals surface area contributed by atoms with Crippen molar-refractivity contribution in [1.29, 1.82) is 0 Å². The van der Waals surface area contributed by atoms with Crippen LogP contribution in [-0.2, 0) is 24.5 Å². The normalized spacial score (nSPS) is 42.1. The molecule has 4 fully saturated rings. The second kappa shape index (κ2) is 7.22. The fraction of sp³-hybridized carbons (Fsp3) is 1.00. The van der Waals surface area contributed by atoms with E-state index in [9.17, 15) is 0 Å². The van der Waals surface area contributed by atoms with Crippen LogP contribution in [0.2, 0.25) is 19.1 Å². The third kappa shape index (κ3) is 4.79. The first-order valence-electron chi connectivity index (χ1n) is 10.1. The predicted octanol–water partition coefficient (Wildman–Crippen LogP) is 4.29. The molecule has 7 atom stereocenters. The largest absolute Gasteiger partial charge is 0.370 e. The second-order valence-electron chi connectivity index (χ2n) is 9.23. The third-order valence-corrected chi connectivity index (χ3v) is 11.8. The summed E-state index contributed by atoms with van der Waals surface area (Å²) in [6.45, 7) is 4.86. The van der Waals surface area contributed by atoms with Gasteiger partial charge >= 0.3 is 0 Å². The van der Waals surface area contributed by atoms with Crippen molar-refractivity contribution in [3.05, 3.63) is 0 Å². The molecule has 0 N–H and O–H groups in total. The molecule has 0 radical (unpaired) electrons. The zero-order chi connectivity index (χ0) is 16.7. The molecule has 24 heavy (non-hydrogen) atoms. The van der Waals surface area contributed by atoms with E-state index < -0.39 is 8.32 Å². The Morgan fingerprint density at radius 1 is 0.875 bits per heavy atom. The monoisotopic (exact) mass is 371 g/mol. The van der Waals surface area contributed by atoms with Crippen LogP contribution in [0.3, 0.4) is 0 Å². The molecule has 0 amide bonds. The van der Waals surface area contributed by atoms with Gasteiger partial charge in [0.15, 0.2) is 0 Å². The molecule has 2 aliphatic carbocycles. The summed E-state index contributed by atoms with van der Waals surface area (Å²) in [4.78, 5) is 0. The van der Waals surface area contributed by atoms with Crippen LogP contribution in [-0.4, -0.2) is 44.7 Å². The molecule has 2 aliphatic heterocycles. The van der Waals surface area contributed by atoms with Crippen molar-refractivity contribution >= 4 is 19.5 Å². The van der Waals surface area contributed by atoms with E-state index in [0.717, 1.165) is 11.8 Å². The summed E-state index contributed by atoms with van der Waals surface area (Å²) in [5.41, 5.74) is 0. The summed E-state index contributed by atoms with van der Waals surface area (Å²) < 4.78 is 17.9. The van der Waals surface area contributed by atoms with Gasteiger partial charge in [-0.3, -0.25) is 0 Å². The Morgan fingerprint density at radius 3 is 2.04 bits per heavy atom. The van der Waals surface area contributed by atoms with E-state index in [1.165, 1.54) is 63.2 Å². The number of ether oxygens (including phenoxy) is 2. The Bertz CT molecular complexity index is 446. The summed E-state index contributed by atoms with van der Waals surface area (Å²) in [6, 6.07) is 1.33. The van der Waals surface area contributed by atoms with E-state index in [1.807, 2.05) is 0 Å². The van der Waals surface area contributed by atoms with Crippen molar-refractivity contribution in [1.82, 2.24) is 0 Å². The molecule has 3 nitrogen and oxygen atoms in total. The highest BCUT2D eigenvalue weighted by molar-refractivity contribution is 7.92. The molecule has 4 rings (SSSR count). The van der Waals surface area contributed by atoms with Gasteiger partial charge in [-0.2, -0.15) is 0 Å². The van der Waals surface area contributed by atoms with Gasteiger partial charge in [-0.05, 0) is 75.9 Å². The molecule has 138 valence electrons. The SMILES string of the molecule is C[S+](CCC1CCC2OC2C1)O[Si](C)(C)CCC1CCC2OC2C1. The van der Waals surface area contributed by atoms with Gasteiger partial charge in [0.25, 0.3) is 8.32 Å². The van der Waals surface area contributed by atoms with Gasteiger partial charge in [-0.1, -0.05) is 6.42 Å². The van der Waals surface area contributed by atoms with Crippen molar-refractivity contribution in [2.75, 3.05) is 12.0 Å².